The summed E-state index contributed by atoms with van der Waals surface area (Å²) in [6, 6.07) is 8.69. The summed E-state index contributed by atoms with van der Waals surface area (Å²) in [7, 11) is 1.29. The molecule has 2 aromatic carbocycles. The number of H-pyrrole nitrogens is 1. The third-order valence-corrected chi connectivity index (χ3v) is 5.40. The molecule has 8 nitrogen and oxygen atoms in total. The number of hydrogen-bond donors (Lipinski definition) is 4. The molecule has 3 aromatic rings. The molecule has 0 spiro atoms. The van der Waals surface area contributed by atoms with Gasteiger partial charge in [-0.15, -0.1) is 0 Å². The van der Waals surface area contributed by atoms with E-state index in [2.05, 4.69) is 20.8 Å². The van der Waals surface area contributed by atoms with Crippen LogP contribution in [0.3, 0.4) is 0 Å². The van der Waals surface area contributed by atoms with Gasteiger partial charge in [0.25, 0.3) is 0 Å². The second kappa shape index (κ2) is 7.73. The largest absolute Gasteiger partial charge is 0.465 e. The van der Waals surface area contributed by atoms with Crippen molar-refractivity contribution < 1.29 is 14.3 Å². The number of rotatable bonds is 4. The van der Waals surface area contributed by atoms with Gasteiger partial charge < -0.3 is 21.1 Å². The molecule has 0 bridgehead atoms. The zero-order chi connectivity index (χ0) is 20.5. The topological polar surface area (TPSA) is 122 Å². The lowest BCUT2D eigenvalue weighted by Crippen LogP contribution is -2.24. The summed E-state index contributed by atoms with van der Waals surface area (Å²) in [4.78, 5) is 24.5. The second-order valence-corrected chi connectivity index (χ2v) is 7.33. The summed E-state index contributed by atoms with van der Waals surface area (Å²) < 4.78 is 4.79. The summed E-state index contributed by atoms with van der Waals surface area (Å²) in [5, 5.41) is 14.4. The molecule has 0 saturated carbocycles. The van der Waals surface area contributed by atoms with Gasteiger partial charge in [-0.3, -0.25) is 9.89 Å². The van der Waals surface area contributed by atoms with Crippen molar-refractivity contribution in [3.63, 3.8) is 0 Å². The Labute approximate surface area is 171 Å². The molecule has 1 aliphatic heterocycles. The number of carbonyl (C=O) groups excluding carboxylic acids is 2. The number of aromatic nitrogens is 2. The van der Waals surface area contributed by atoms with Gasteiger partial charge in [-0.25, -0.2) is 4.79 Å². The van der Waals surface area contributed by atoms with Gasteiger partial charge in [0.05, 0.1) is 29.1 Å². The zero-order valence-corrected chi connectivity index (χ0v) is 16.5. The Morgan fingerprint density at radius 2 is 2.14 bits per heavy atom. The molecule has 29 heavy (non-hydrogen) atoms. The van der Waals surface area contributed by atoms with Gasteiger partial charge in [-0.2, -0.15) is 5.10 Å². The molecular weight excluding hydrogens is 394 g/mol. The van der Waals surface area contributed by atoms with E-state index in [-0.39, 0.29) is 23.1 Å². The fourth-order valence-corrected chi connectivity index (χ4v) is 3.75. The number of carbonyl (C=O) groups is 2. The van der Waals surface area contributed by atoms with Crippen molar-refractivity contribution in [1.82, 2.24) is 15.5 Å². The van der Waals surface area contributed by atoms with Crippen LogP contribution in [-0.4, -0.2) is 42.3 Å². The van der Waals surface area contributed by atoms with Gasteiger partial charge in [0.2, 0.25) is 5.91 Å². The first-order chi connectivity index (χ1) is 14.0. The SMILES string of the molecule is COC(=O)c1cc(-c2ccc3[nH]nc(NC(=O)[C@@H]4CCNC4)c3c2)c(Cl)cc1N. The molecule has 9 heteroatoms. The van der Waals surface area contributed by atoms with Gasteiger partial charge in [-0.1, -0.05) is 17.7 Å². The molecule has 1 saturated heterocycles. The monoisotopic (exact) mass is 413 g/mol. The van der Waals surface area contributed by atoms with Crippen LogP contribution < -0.4 is 16.4 Å². The first-order valence-electron chi connectivity index (χ1n) is 9.15. The molecule has 0 unspecified atom stereocenters. The zero-order valence-electron chi connectivity index (χ0n) is 15.7. The van der Waals surface area contributed by atoms with Crippen molar-refractivity contribution in [2.24, 2.45) is 5.92 Å². The predicted molar refractivity (Wildman–Crippen MR) is 112 cm³/mol. The number of hydrogen-bond acceptors (Lipinski definition) is 6. The van der Waals surface area contributed by atoms with Gasteiger partial charge in [0.1, 0.15) is 0 Å². The molecule has 0 aliphatic carbocycles. The van der Waals surface area contributed by atoms with Crippen molar-refractivity contribution in [1.29, 1.82) is 0 Å². The number of aromatic amines is 1. The average molecular weight is 414 g/mol. The number of benzene rings is 2. The van der Waals surface area contributed by atoms with E-state index in [1.54, 1.807) is 6.07 Å². The van der Waals surface area contributed by atoms with Crippen LogP contribution in [0.5, 0.6) is 0 Å². The van der Waals surface area contributed by atoms with Crippen LogP contribution in [0.15, 0.2) is 30.3 Å². The lowest BCUT2D eigenvalue weighted by molar-refractivity contribution is -0.119. The minimum atomic E-state index is -0.539. The Morgan fingerprint density at radius 3 is 2.86 bits per heavy atom. The molecular formula is C20H20ClN5O3. The van der Waals surface area contributed by atoms with E-state index in [1.165, 1.54) is 13.2 Å². The van der Waals surface area contributed by atoms with Crippen molar-refractivity contribution in [2.75, 3.05) is 31.2 Å². The highest BCUT2D eigenvalue weighted by Gasteiger charge is 2.24. The number of nitrogens with one attached hydrogen (secondary N) is 3. The summed E-state index contributed by atoms with van der Waals surface area (Å²) in [6.07, 6.45) is 0.802. The van der Waals surface area contributed by atoms with Crippen molar-refractivity contribution >= 4 is 45.9 Å². The van der Waals surface area contributed by atoms with Gasteiger partial charge in [0, 0.05) is 23.2 Å². The highest BCUT2D eigenvalue weighted by Crippen LogP contribution is 2.35. The summed E-state index contributed by atoms with van der Waals surface area (Å²) in [5.74, 6) is -0.215. The number of nitrogen functional groups attached to an aromatic ring is 1. The molecule has 1 aromatic heterocycles. The van der Waals surface area contributed by atoms with Crippen LogP contribution in [0, 0.1) is 5.92 Å². The van der Waals surface area contributed by atoms with Crippen LogP contribution in [0.1, 0.15) is 16.8 Å². The Bertz CT molecular complexity index is 1100. The van der Waals surface area contributed by atoms with E-state index < -0.39 is 5.97 Å². The number of ether oxygens (including phenoxy) is 1. The molecule has 5 N–H and O–H groups in total. The van der Waals surface area contributed by atoms with E-state index >= 15 is 0 Å². The van der Waals surface area contributed by atoms with Crippen molar-refractivity contribution in [2.45, 2.75) is 6.42 Å². The maximum absolute atomic E-state index is 12.5. The number of methoxy groups -OCH3 is 1. The molecule has 4 rings (SSSR count). The van der Waals surface area contributed by atoms with Crippen LogP contribution in [-0.2, 0) is 9.53 Å². The number of fused-ring (bicyclic) bond motifs is 1. The second-order valence-electron chi connectivity index (χ2n) is 6.92. The van der Waals surface area contributed by atoms with E-state index in [0.29, 0.717) is 22.9 Å². The van der Waals surface area contributed by atoms with Gasteiger partial charge in [-0.05, 0) is 42.8 Å². The Balaban J connectivity index is 1.72. The minimum absolute atomic E-state index is 0.0627. The quantitative estimate of drug-likeness (QED) is 0.385. The number of halogens is 1. The Morgan fingerprint density at radius 1 is 1.31 bits per heavy atom. The number of amides is 1. The number of anilines is 2. The molecule has 1 fully saturated rings. The van der Waals surface area contributed by atoms with Gasteiger partial charge >= 0.3 is 5.97 Å². The average Bonchev–Trinajstić information content (AvgIpc) is 3.38. The van der Waals surface area contributed by atoms with E-state index in [4.69, 9.17) is 22.1 Å². The van der Waals surface area contributed by atoms with Crippen molar-refractivity contribution in [3.05, 3.63) is 40.9 Å². The third kappa shape index (κ3) is 3.64. The lowest BCUT2D eigenvalue weighted by Gasteiger charge is -2.11. The number of esters is 1. The predicted octanol–water partition coefficient (Wildman–Crippen LogP) is 2.80. The lowest BCUT2D eigenvalue weighted by atomic mass is 10.00. The van der Waals surface area contributed by atoms with Gasteiger partial charge in [0.15, 0.2) is 5.82 Å². The molecule has 2 heterocycles. The molecule has 150 valence electrons. The van der Waals surface area contributed by atoms with E-state index in [0.717, 1.165) is 29.4 Å². The smallest absolute Gasteiger partial charge is 0.339 e. The Hall–Kier alpha value is -3.10. The fourth-order valence-electron chi connectivity index (χ4n) is 3.47. The highest BCUT2D eigenvalue weighted by molar-refractivity contribution is 6.34. The number of nitrogens with zero attached hydrogens (tertiary/aromatic N) is 1. The van der Waals surface area contributed by atoms with Crippen LogP contribution in [0.2, 0.25) is 5.02 Å². The number of nitrogens with two attached hydrogens (primary N) is 1. The maximum Gasteiger partial charge on any atom is 0.339 e. The Kier molecular flexibility index (Phi) is 5.12. The molecule has 1 amide bonds. The fraction of sp³-hybridized carbons (Fsp3) is 0.250. The summed E-state index contributed by atoms with van der Waals surface area (Å²) >= 11 is 6.39. The third-order valence-electron chi connectivity index (χ3n) is 5.09. The maximum atomic E-state index is 12.5. The molecule has 1 atom stereocenters. The van der Waals surface area contributed by atoms with E-state index in [9.17, 15) is 9.59 Å². The van der Waals surface area contributed by atoms with Crippen molar-refractivity contribution in [3.8, 4) is 11.1 Å². The summed E-state index contributed by atoms with van der Waals surface area (Å²) in [6.45, 7) is 1.50. The van der Waals surface area contributed by atoms with E-state index in [1.807, 2.05) is 18.2 Å². The summed E-state index contributed by atoms with van der Waals surface area (Å²) in [5.41, 5.74) is 8.54. The first kappa shape index (κ1) is 19.2. The normalized spacial score (nSPS) is 16.1. The van der Waals surface area contributed by atoms with Crippen LogP contribution >= 0.6 is 11.6 Å². The molecule has 1 aliphatic rings. The standard InChI is InChI=1S/C20H20ClN5O3/c1-29-20(28)13-7-12(15(21)8-16(13)22)10-2-3-17-14(6-10)18(26-25-17)24-19(27)11-4-5-23-9-11/h2-3,6-8,11,23H,4-5,9,22H2,1H3,(H2,24,25,26,27)/t11-/m1/s1. The highest BCUT2D eigenvalue weighted by atomic mass is 35.5. The molecule has 0 radical (unpaired) electrons. The van der Waals surface area contributed by atoms with Crippen LogP contribution in [0.25, 0.3) is 22.0 Å². The first-order valence-corrected chi connectivity index (χ1v) is 9.53. The van der Waals surface area contributed by atoms with Crippen LogP contribution in [0.4, 0.5) is 11.5 Å². The minimum Gasteiger partial charge on any atom is -0.465 e.